The first-order valence-corrected chi connectivity index (χ1v) is 6.76. The highest BCUT2D eigenvalue weighted by molar-refractivity contribution is 4.85. The van der Waals surface area contributed by atoms with Crippen LogP contribution in [0.4, 0.5) is 0 Å². The first-order valence-electron chi connectivity index (χ1n) is 6.76. The van der Waals surface area contributed by atoms with E-state index in [2.05, 4.69) is 31.0 Å². The Balaban J connectivity index is 1.72. The van der Waals surface area contributed by atoms with Crippen molar-refractivity contribution in [1.29, 1.82) is 0 Å². The molecule has 0 aromatic carbocycles. The Hall–Kier alpha value is -0.160. The standard InChI is InChI=1S/C13H26N2O2/c1-10-7-15(9-13(2,3)17-10)8-12(16)6-14-11-4-5-11/h10-12,14,16H,4-9H2,1-3H3. The summed E-state index contributed by atoms with van der Waals surface area (Å²) >= 11 is 0. The van der Waals surface area contributed by atoms with Gasteiger partial charge in [-0.25, -0.2) is 0 Å². The number of ether oxygens (including phenoxy) is 1. The molecule has 1 saturated carbocycles. The Morgan fingerprint density at radius 2 is 2.18 bits per heavy atom. The minimum absolute atomic E-state index is 0.0959. The van der Waals surface area contributed by atoms with E-state index in [1.165, 1.54) is 12.8 Å². The van der Waals surface area contributed by atoms with Gasteiger partial charge in [-0.2, -0.15) is 0 Å². The second-order valence-electron chi connectivity index (χ2n) is 6.22. The molecule has 2 fully saturated rings. The minimum atomic E-state index is -0.267. The third kappa shape index (κ3) is 4.54. The van der Waals surface area contributed by atoms with Crippen molar-refractivity contribution >= 4 is 0 Å². The van der Waals surface area contributed by atoms with Crippen LogP contribution >= 0.6 is 0 Å². The average molecular weight is 242 g/mol. The lowest BCUT2D eigenvalue weighted by Crippen LogP contribution is -2.54. The van der Waals surface area contributed by atoms with Crippen LogP contribution in [0.25, 0.3) is 0 Å². The normalized spacial score (nSPS) is 31.4. The number of aliphatic hydroxyl groups is 1. The third-order valence-corrected chi connectivity index (χ3v) is 3.33. The molecular weight excluding hydrogens is 216 g/mol. The molecule has 100 valence electrons. The molecule has 1 aliphatic heterocycles. The van der Waals surface area contributed by atoms with Crippen molar-refractivity contribution in [2.45, 2.75) is 57.5 Å². The second kappa shape index (κ2) is 5.22. The van der Waals surface area contributed by atoms with Crippen molar-refractivity contribution in [3.8, 4) is 0 Å². The van der Waals surface area contributed by atoms with Gasteiger partial charge in [0.15, 0.2) is 0 Å². The summed E-state index contributed by atoms with van der Waals surface area (Å²) in [6, 6.07) is 0.671. The van der Waals surface area contributed by atoms with Gasteiger partial charge in [-0.1, -0.05) is 0 Å². The number of hydrogen-bond acceptors (Lipinski definition) is 4. The Kier molecular flexibility index (Phi) is 4.08. The van der Waals surface area contributed by atoms with E-state index in [0.717, 1.165) is 26.2 Å². The predicted molar refractivity (Wildman–Crippen MR) is 68.1 cm³/mol. The molecule has 4 nitrogen and oxygen atoms in total. The van der Waals surface area contributed by atoms with Crippen LogP contribution in [0.1, 0.15) is 33.6 Å². The number of nitrogens with zero attached hydrogens (tertiary/aromatic N) is 1. The summed E-state index contributed by atoms with van der Waals surface area (Å²) in [6.07, 6.45) is 2.53. The molecule has 1 heterocycles. The van der Waals surface area contributed by atoms with Gasteiger partial charge in [0.1, 0.15) is 0 Å². The van der Waals surface area contributed by atoms with E-state index in [0.29, 0.717) is 6.04 Å². The predicted octanol–water partition coefficient (Wildman–Crippen LogP) is 0.599. The molecule has 2 rings (SSSR count). The largest absolute Gasteiger partial charge is 0.390 e. The summed E-state index contributed by atoms with van der Waals surface area (Å²) in [5.41, 5.74) is -0.0959. The summed E-state index contributed by atoms with van der Waals surface area (Å²) in [4.78, 5) is 2.31. The van der Waals surface area contributed by atoms with Gasteiger partial charge >= 0.3 is 0 Å². The summed E-state index contributed by atoms with van der Waals surface area (Å²) in [6.45, 7) is 9.62. The maximum Gasteiger partial charge on any atom is 0.0791 e. The first kappa shape index (κ1) is 13.3. The highest BCUT2D eigenvalue weighted by Crippen LogP contribution is 2.21. The molecule has 0 amide bonds. The zero-order valence-electron chi connectivity index (χ0n) is 11.3. The van der Waals surface area contributed by atoms with E-state index >= 15 is 0 Å². The monoisotopic (exact) mass is 242 g/mol. The fraction of sp³-hybridized carbons (Fsp3) is 1.00. The Morgan fingerprint density at radius 3 is 2.76 bits per heavy atom. The van der Waals surface area contributed by atoms with Crippen molar-refractivity contribution in [1.82, 2.24) is 10.2 Å². The van der Waals surface area contributed by atoms with Crippen LogP contribution in [0.5, 0.6) is 0 Å². The van der Waals surface area contributed by atoms with Gasteiger partial charge in [-0.3, -0.25) is 4.90 Å². The van der Waals surface area contributed by atoms with Gasteiger partial charge in [0.25, 0.3) is 0 Å². The van der Waals surface area contributed by atoms with E-state index in [1.807, 2.05) is 0 Å². The Labute approximate surface area is 104 Å². The van der Waals surface area contributed by atoms with E-state index in [1.54, 1.807) is 0 Å². The van der Waals surface area contributed by atoms with Gasteiger partial charge in [0, 0.05) is 32.2 Å². The lowest BCUT2D eigenvalue weighted by Gasteiger charge is -2.42. The molecule has 2 N–H and O–H groups in total. The zero-order chi connectivity index (χ0) is 12.5. The summed E-state index contributed by atoms with van der Waals surface area (Å²) in [5, 5.41) is 13.4. The number of hydrogen-bond donors (Lipinski definition) is 2. The van der Waals surface area contributed by atoms with Gasteiger partial charge in [-0.05, 0) is 33.6 Å². The second-order valence-corrected chi connectivity index (χ2v) is 6.22. The molecule has 4 heteroatoms. The van der Waals surface area contributed by atoms with Crippen LogP contribution in [0.2, 0.25) is 0 Å². The maximum absolute atomic E-state index is 9.99. The van der Waals surface area contributed by atoms with E-state index in [9.17, 15) is 5.11 Å². The van der Waals surface area contributed by atoms with Gasteiger partial charge < -0.3 is 15.2 Å². The molecule has 0 radical (unpaired) electrons. The number of aliphatic hydroxyl groups excluding tert-OH is 1. The van der Waals surface area contributed by atoms with Crippen molar-refractivity contribution in [3.63, 3.8) is 0 Å². The number of nitrogens with one attached hydrogen (secondary N) is 1. The van der Waals surface area contributed by atoms with Crippen molar-refractivity contribution in [3.05, 3.63) is 0 Å². The first-order chi connectivity index (χ1) is 7.94. The fourth-order valence-corrected chi connectivity index (χ4v) is 2.68. The highest BCUT2D eigenvalue weighted by atomic mass is 16.5. The molecule has 2 aliphatic rings. The van der Waals surface area contributed by atoms with Crippen LogP contribution in [0, 0.1) is 0 Å². The van der Waals surface area contributed by atoms with E-state index in [-0.39, 0.29) is 17.8 Å². The van der Waals surface area contributed by atoms with Crippen LogP contribution < -0.4 is 5.32 Å². The van der Waals surface area contributed by atoms with Crippen LogP contribution in [0.15, 0.2) is 0 Å². The van der Waals surface area contributed by atoms with E-state index in [4.69, 9.17) is 4.74 Å². The minimum Gasteiger partial charge on any atom is -0.390 e. The highest BCUT2D eigenvalue weighted by Gasteiger charge is 2.32. The van der Waals surface area contributed by atoms with Crippen LogP contribution in [-0.2, 0) is 4.74 Å². The van der Waals surface area contributed by atoms with Gasteiger partial charge in [0.2, 0.25) is 0 Å². The lowest BCUT2D eigenvalue weighted by molar-refractivity contribution is -0.133. The molecule has 0 spiro atoms. The maximum atomic E-state index is 9.99. The molecule has 0 aromatic heterocycles. The summed E-state index contributed by atoms with van der Waals surface area (Å²) in [7, 11) is 0. The summed E-state index contributed by atoms with van der Waals surface area (Å²) in [5.74, 6) is 0. The molecule has 1 aliphatic carbocycles. The topological polar surface area (TPSA) is 44.7 Å². The average Bonchev–Trinajstić information content (AvgIpc) is 2.94. The summed E-state index contributed by atoms with van der Waals surface area (Å²) < 4.78 is 5.85. The molecule has 0 aromatic rings. The Bertz CT molecular complexity index is 254. The van der Waals surface area contributed by atoms with Crippen molar-refractivity contribution in [2.24, 2.45) is 0 Å². The smallest absolute Gasteiger partial charge is 0.0791 e. The van der Waals surface area contributed by atoms with Gasteiger partial charge in [0.05, 0.1) is 17.8 Å². The molecule has 2 atom stereocenters. The molecule has 0 bridgehead atoms. The lowest BCUT2D eigenvalue weighted by atomic mass is 10.1. The van der Waals surface area contributed by atoms with Crippen molar-refractivity contribution in [2.75, 3.05) is 26.2 Å². The number of β-amino-alcohol motifs (C(OH)–C–C–N with tert-alkyl or cyclic N) is 1. The van der Waals surface area contributed by atoms with Crippen LogP contribution in [-0.4, -0.2) is 60.0 Å². The zero-order valence-corrected chi connectivity index (χ0v) is 11.3. The molecular formula is C13H26N2O2. The Morgan fingerprint density at radius 1 is 1.47 bits per heavy atom. The van der Waals surface area contributed by atoms with E-state index < -0.39 is 0 Å². The molecule has 1 saturated heterocycles. The van der Waals surface area contributed by atoms with Crippen LogP contribution in [0.3, 0.4) is 0 Å². The molecule has 2 unspecified atom stereocenters. The SMILES string of the molecule is CC1CN(CC(O)CNC2CC2)CC(C)(C)O1. The van der Waals surface area contributed by atoms with Gasteiger partial charge in [-0.15, -0.1) is 0 Å². The molecule has 17 heavy (non-hydrogen) atoms. The van der Waals surface area contributed by atoms with Crippen molar-refractivity contribution < 1.29 is 9.84 Å². The number of rotatable bonds is 5. The third-order valence-electron chi connectivity index (χ3n) is 3.33. The fourth-order valence-electron chi connectivity index (χ4n) is 2.68. The quantitative estimate of drug-likeness (QED) is 0.741. The number of morpholine rings is 1.